The number of ether oxygens (including phenoxy) is 3. The molecule has 0 amide bonds. The number of methoxy groups -OCH3 is 1. The van der Waals surface area contributed by atoms with Gasteiger partial charge in [0.15, 0.2) is 0 Å². The highest BCUT2D eigenvalue weighted by Crippen LogP contribution is 2.32. The molecule has 0 spiro atoms. The second-order valence-electron chi connectivity index (χ2n) is 5.62. The van der Waals surface area contributed by atoms with Crippen LogP contribution in [0.4, 0.5) is 5.69 Å². The summed E-state index contributed by atoms with van der Waals surface area (Å²) >= 11 is 0. The van der Waals surface area contributed by atoms with E-state index in [-0.39, 0.29) is 17.4 Å². The van der Waals surface area contributed by atoms with Crippen LogP contribution in [0.1, 0.15) is 29.8 Å². The Hall–Kier alpha value is -3.09. The Morgan fingerprint density at radius 3 is 2.24 bits per heavy atom. The van der Waals surface area contributed by atoms with Crippen molar-refractivity contribution in [2.24, 2.45) is 0 Å². The molecule has 0 bridgehead atoms. The van der Waals surface area contributed by atoms with Crippen LogP contribution >= 0.6 is 0 Å². The number of nitrogens with zero attached hydrogens (tertiary/aromatic N) is 1. The van der Waals surface area contributed by atoms with Gasteiger partial charge < -0.3 is 14.2 Å². The van der Waals surface area contributed by atoms with Crippen LogP contribution in [-0.4, -0.2) is 24.1 Å². The van der Waals surface area contributed by atoms with E-state index in [2.05, 4.69) is 0 Å². The number of aryl methyl sites for hydroxylation is 1. The quantitative estimate of drug-likeness (QED) is 0.441. The van der Waals surface area contributed by atoms with Gasteiger partial charge in [-0.3, -0.25) is 10.1 Å². The van der Waals surface area contributed by atoms with E-state index < -0.39 is 10.9 Å². The number of hydrogen-bond donors (Lipinski definition) is 0. The SMILES string of the molecule is COc1ccc(Oc2cc(C(=O)OC(C)C)c([N+](=O)[O-])cc2C)cc1. The summed E-state index contributed by atoms with van der Waals surface area (Å²) in [6.07, 6.45) is -0.389. The molecule has 0 aliphatic rings. The molecule has 0 saturated carbocycles. The molecule has 25 heavy (non-hydrogen) atoms. The number of esters is 1. The molecule has 7 nitrogen and oxygen atoms in total. The Morgan fingerprint density at radius 1 is 1.12 bits per heavy atom. The number of hydrogen-bond acceptors (Lipinski definition) is 6. The molecule has 132 valence electrons. The molecule has 0 unspecified atom stereocenters. The first-order valence-electron chi connectivity index (χ1n) is 7.63. The molecule has 0 fully saturated rings. The van der Waals surface area contributed by atoms with Gasteiger partial charge in [0.05, 0.1) is 18.1 Å². The summed E-state index contributed by atoms with van der Waals surface area (Å²) in [4.78, 5) is 22.8. The number of nitro groups is 1. The molecule has 0 aliphatic carbocycles. The summed E-state index contributed by atoms with van der Waals surface area (Å²) in [5.41, 5.74) is 0.0710. The third kappa shape index (κ3) is 4.47. The maximum Gasteiger partial charge on any atom is 0.345 e. The zero-order valence-electron chi connectivity index (χ0n) is 14.4. The van der Waals surface area contributed by atoms with Crippen molar-refractivity contribution in [1.82, 2.24) is 0 Å². The largest absolute Gasteiger partial charge is 0.497 e. The van der Waals surface area contributed by atoms with Gasteiger partial charge in [-0.05, 0) is 50.6 Å². The molecule has 0 aromatic heterocycles. The third-order valence-corrected chi connectivity index (χ3v) is 3.34. The monoisotopic (exact) mass is 345 g/mol. The van der Waals surface area contributed by atoms with Gasteiger partial charge in [0.1, 0.15) is 22.8 Å². The first-order chi connectivity index (χ1) is 11.8. The van der Waals surface area contributed by atoms with Crippen molar-refractivity contribution in [3.05, 3.63) is 57.6 Å². The van der Waals surface area contributed by atoms with E-state index in [1.807, 2.05) is 0 Å². The summed E-state index contributed by atoms with van der Waals surface area (Å²) < 4.78 is 15.9. The van der Waals surface area contributed by atoms with Gasteiger partial charge in [0.2, 0.25) is 0 Å². The lowest BCUT2D eigenvalue weighted by Gasteiger charge is -2.13. The molecular formula is C18H19NO6. The Balaban J connectivity index is 2.40. The minimum atomic E-state index is -0.763. The molecule has 0 atom stereocenters. The Morgan fingerprint density at radius 2 is 1.72 bits per heavy atom. The van der Waals surface area contributed by atoms with E-state index in [1.165, 1.54) is 12.1 Å². The number of benzene rings is 2. The maximum absolute atomic E-state index is 12.2. The fraction of sp³-hybridized carbons (Fsp3) is 0.278. The highest BCUT2D eigenvalue weighted by atomic mass is 16.6. The smallest absolute Gasteiger partial charge is 0.345 e. The van der Waals surface area contributed by atoms with Gasteiger partial charge in [0.25, 0.3) is 5.69 Å². The Bertz CT molecular complexity index is 783. The topological polar surface area (TPSA) is 87.9 Å². The maximum atomic E-state index is 12.2. The molecule has 0 radical (unpaired) electrons. The van der Waals surface area contributed by atoms with E-state index >= 15 is 0 Å². The molecule has 0 aliphatic heterocycles. The van der Waals surface area contributed by atoms with E-state index in [4.69, 9.17) is 14.2 Å². The third-order valence-electron chi connectivity index (χ3n) is 3.34. The van der Waals surface area contributed by atoms with Crippen LogP contribution in [0.2, 0.25) is 0 Å². The van der Waals surface area contributed by atoms with Crippen LogP contribution in [0.15, 0.2) is 36.4 Å². The van der Waals surface area contributed by atoms with Crippen molar-refractivity contribution in [2.45, 2.75) is 26.9 Å². The lowest BCUT2D eigenvalue weighted by Crippen LogP contribution is -2.13. The normalized spacial score (nSPS) is 10.4. The summed E-state index contributed by atoms with van der Waals surface area (Å²) in [6.45, 7) is 5.02. The van der Waals surface area contributed by atoms with Crippen molar-refractivity contribution < 1.29 is 23.9 Å². The van der Waals surface area contributed by atoms with E-state index in [9.17, 15) is 14.9 Å². The highest BCUT2D eigenvalue weighted by molar-refractivity contribution is 5.94. The van der Waals surface area contributed by atoms with E-state index in [0.717, 1.165) is 0 Å². The van der Waals surface area contributed by atoms with Gasteiger partial charge in [0, 0.05) is 12.1 Å². The minimum Gasteiger partial charge on any atom is -0.497 e. The first kappa shape index (κ1) is 18.3. The molecule has 0 heterocycles. The lowest BCUT2D eigenvalue weighted by molar-refractivity contribution is -0.385. The van der Waals surface area contributed by atoms with E-state index in [0.29, 0.717) is 22.8 Å². The molecule has 2 aromatic carbocycles. The van der Waals surface area contributed by atoms with Crippen LogP contribution < -0.4 is 9.47 Å². The molecular weight excluding hydrogens is 326 g/mol. The van der Waals surface area contributed by atoms with Crippen molar-refractivity contribution in [3.8, 4) is 17.2 Å². The predicted molar refractivity (Wildman–Crippen MR) is 91.5 cm³/mol. The van der Waals surface area contributed by atoms with E-state index in [1.54, 1.807) is 52.1 Å². The summed E-state index contributed by atoms with van der Waals surface area (Å²) in [7, 11) is 1.56. The van der Waals surface area contributed by atoms with Crippen molar-refractivity contribution in [2.75, 3.05) is 7.11 Å². The molecule has 0 saturated heterocycles. The second-order valence-corrected chi connectivity index (χ2v) is 5.62. The second kappa shape index (κ2) is 7.65. The average Bonchev–Trinajstić information content (AvgIpc) is 2.56. The fourth-order valence-corrected chi connectivity index (χ4v) is 2.15. The number of carbonyl (C=O) groups is 1. The highest BCUT2D eigenvalue weighted by Gasteiger charge is 2.25. The van der Waals surface area contributed by atoms with Gasteiger partial charge >= 0.3 is 5.97 Å². The van der Waals surface area contributed by atoms with Crippen LogP contribution in [0.25, 0.3) is 0 Å². The van der Waals surface area contributed by atoms with Crippen LogP contribution in [-0.2, 0) is 4.74 Å². The molecule has 2 aromatic rings. The van der Waals surface area contributed by atoms with Crippen LogP contribution in [0.5, 0.6) is 17.2 Å². The number of rotatable bonds is 6. The summed E-state index contributed by atoms with van der Waals surface area (Å²) in [6, 6.07) is 9.49. The summed E-state index contributed by atoms with van der Waals surface area (Å²) in [5.74, 6) is 0.766. The molecule has 2 rings (SSSR count). The molecule has 7 heteroatoms. The van der Waals surface area contributed by atoms with Crippen LogP contribution in [0, 0.1) is 17.0 Å². The van der Waals surface area contributed by atoms with Crippen molar-refractivity contribution in [1.29, 1.82) is 0 Å². The van der Waals surface area contributed by atoms with Crippen molar-refractivity contribution >= 4 is 11.7 Å². The Kier molecular flexibility index (Phi) is 5.59. The number of nitro benzene ring substituents is 1. The van der Waals surface area contributed by atoms with Gasteiger partial charge in [-0.2, -0.15) is 0 Å². The Labute approximate surface area is 145 Å². The van der Waals surface area contributed by atoms with Gasteiger partial charge in [-0.15, -0.1) is 0 Å². The lowest BCUT2D eigenvalue weighted by atomic mass is 10.1. The van der Waals surface area contributed by atoms with Crippen LogP contribution in [0.3, 0.4) is 0 Å². The zero-order valence-corrected chi connectivity index (χ0v) is 14.4. The van der Waals surface area contributed by atoms with Crippen molar-refractivity contribution in [3.63, 3.8) is 0 Å². The standard InChI is InChI=1S/C18H19NO6/c1-11(2)24-18(20)15-10-17(12(3)9-16(15)19(21)22)25-14-7-5-13(23-4)6-8-14/h5-11H,1-4H3. The van der Waals surface area contributed by atoms with Gasteiger partial charge in [-0.25, -0.2) is 4.79 Å². The average molecular weight is 345 g/mol. The molecule has 0 N–H and O–H groups in total. The fourth-order valence-electron chi connectivity index (χ4n) is 2.15. The minimum absolute atomic E-state index is 0.146. The van der Waals surface area contributed by atoms with Gasteiger partial charge in [-0.1, -0.05) is 0 Å². The predicted octanol–water partition coefficient (Wildman–Crippen LogP) is 4.27. The number of carbonyl (C=O) groups excluding carboxylic acids is 1. The first-order valence-corrected chi connectivity index (χ1v) is 7.63. The zero-order chi connectivity index (χ0) is 18.6. The summed E-state index contributed by atoms with van der Waals surface area (Å²) in [5, 5.41) is 11.2.